The first-order valence-electron chi connectivity index (χ1n) is 7.03. The van der Waals surface area contributed by atoms with Crippen LogP contribution in [0.4, 0.5) is 0 Å². The SMILES string of the molecule is CCCCC(CS(=O)(=O)CC)N1CCCCC1. The van der Waals surface area contributed by atoms with Gasteiger partial charge in [0.1, 0.15) is 0 Å². The zero-order valence-corrected chi connectivity index (χ0v) is 12.1. The van der Waals surface area contributed by atoms with Crippen LogP contribution in [0.25, 0.3) is 0 Å². The molecule has 17 heavy (non-hydrogen) atoms. The Labute approximate surface area is 106 Å². The molecule has 1 aliphatic rings. The molecule has 1 fully saturated rings. The van der Waals surface area contributed by atoms with E-state index in [0.29, 0.717) is 5.75 Å². The first-order valence-corrected chi connectivity index (χ1v) is 8.85. The van der Waals surface area contributed by atoms with Crippen LogP contribution in [0, 0.1) is 0 Å². The van der Waals surface area contributed by atoms with E-state index in [1.54, 1.807) is 6.92 Å². The summed E-state index contributed by atoms with van der Waals surface area (Å²) in [4.78, 5) is 2.41. The molecule has 102 valence electrons. The van der Waals surface area contributed by atoms with Crippen molar-refractivity contribution >= 4 is 9.84 Å². The minimum atomic E-state index is -2.84. The maximum absolute atomic E-state index is 11.8. The van der Waals surface area contributed by atoms with Gasteiger partial charge in [0.25, 0.3) is 0 Å². The Hall–Kier alpha value is -0.0900. The van der Waals surface area contributed by atoms with E-state index in [4.69, 9.17) is 0 Å². The second-order valence-electron chi connectivity index (χ2n) is 5.09. The third kappa shape index (κ3) is 5.38. The van der Waals surface area contributed by atoms with Gasteiger partial charge in [-0.2, -0.15) is 0 Å². The predicted octanol–water partition coefficient (Wildman–Crippen LogP) is 2.47. The lowest BCUT2D eigenvalue weighted by Gasteiger charge is -2.34. The van der Waals surface area contributed by atoms with Crippen LogP contribution >= 0.6 is 0 Å². The molecular formula is C13H27NO2S. The lowest BCUT2D eigenvalue weighted by molar-refractivity contribution is 0.166. The predicted molar refractivity (Wildman–Crippen MR) is 73.1 cm³/mol. The van der Waals surface area contributed by atoms with E-state index in [-0.39, 0.29) is 11.8 Å². The van der Waals surface area contributed by atoms with Gasteiger partial charge in [0.05, 0.1) is 5.75 Å². The molecule has 0 bridgehead atoms. The highest BCUT2D eigenvalue weighted by Gasteiger charge is 2.24. The van der Waals surface area contributed by atoms with Crippen LogP contribution in [0.1, 0.15) is 52.4 Å². The van der Waals surface area contributed by atoms with E-state index in [2.05, 4.69) is 11.8 Å². The number of piperidine rings is 1. The van der Waals surface area contributed by atoms with Crippen molar-refractivity contribution in [2.24, 2.45) is 0 Å². The second-order valence-corrected chi connectivity index (χ2v) is 7.49. The topological polar surface area (TPSA) is 37.4 Å². The van der Waals surface area contributed by atoms with Gasteiger partial charge < -0.3 is 0 Å². The highest BCUT2D eigenvalue weighted by atomic mass is 32.2. The van der Waals surface area contributed by atoms with Gasteiger partial charge in [-0.1, -0.05) is 33.1 Å². The molecule has 0 saturated carbocycles. The Morgan fingerprint density at radius 2 is 1.76 bits per heavy atom. The number of rotatable bonds is 7. The van der Waals surface area contributed by atoms with Gasteiger partial charge in [0, 0.05) is 11.8 Å². The number of nitrogens with zero attached hydrogens (tertiary/aromatic N) is 1. The van der Waals surface area contributed by atoms with Crippen LogP contribution in [0.15, 0.2) is 0 Å². The molecule has 0 aromatic heterocycles. The normalized spacial score (nSPS) is 20.4. The number of sulfone groups is 1. The zero-order valence-electron chi connectivity index (χ0n) is 11.3. The van der Waals surface area contributed by atoms with Gasteiger partial charge in [0.15, 0.2) is 9.84 Å². The van der Waals surface area contributed by atoms with Gasteiger partial charge in [-0.25, -0.2) is 8.42 Å². The molecule has 1 heterocycles. The minimum Gasteiger partial charge on any atom is -0.299 e. The second kappa shape index (κ2) is 7.37. The van der Waals surface area contributed by atoms with Crippen LogP contribution < -0.4 is 0 Å². The largest absolute Gasteiger partial charge is 0.299 e. The Bertz CT molecular complexity index is 295. The fourth-order valence-corrected chi connectivity index (χ4v) is 3.70. The molecule has 1 saturated heterocycles. The molecule has 0 radical (unpaired) electrons. The molecule has 4 heteroatoms. The van der Waals surface area contributed by atoms with E-state index >= 15 is 0 Å². The van der Waals surface area contributed by atoms with Gasteiger partial charge in [-0.3, -0.25) is 4.90 Å². The quantitative estimate of drug-likeness (QED) is 0.706. The summed E-state index contributed by atoms with van der Waals surface area (Å²) in [5.74, 6) is 0.646. The van der Waals surface area contributed by atoms with E-state index in [9.17, 15) is 8.42 Å². The van der Waals surface area contributed by atoms with Crippen LogP contribution in [0.3, 0.4) is 0 Å². The van der Waals surface area contributed by atoms with Crippen molar-refractivity contribution in [2.75, 3.05) is 24.6 Å². The summed E-state index contributed by atoms with van der Waals surface area (Å²) in [5.41, 5.74) is 0. The molecule has 0 N–H and O–H groups in total. The average Bonchev–Trinajstić information content (AvgIpc) is 2.35. The summed E-state index contributed by atoms with van der Waals surface area (Å²) in [6.45, 7) is 6.10. The van der Waals surface area contributed by atoms with E-state index < -0.39 is 9.84 Å². The first kappa shape index (κ1) is 15.0. The monoisotopic (exact) mass is 261 g/mol. The van der Waals surface area contributed by atoms with Gasteiger partial charge in [-0.05, 0) is 32.4 Å². The first-order chi connectivity index (χ1) is 8.09. The lowest BCUT2D eigenvalue weighted by atomic mass is 10.1. The molecule has 0 aliphatic carbocycles. The Morgan fingerprint density at radius 1 is 1.12 bits per heavy atom. The maximum atomic E-state index is 11.8. The fourth-order valence-electron chi connectivity index (χ4n) is 2.51. The van der Waals surface area contributed by atoms with Crippen molar-refractivity contribution < 1.29 is 8.42 Å². The van der Waals surface area contributed by atoms with Gasteiger partial charge >= 0.3 is 0 Å². The highest BCUT2D eigenvalue weighted by Crippen LogP contribution is 2.17. The van der Waals surface area contributed by atoms with Crippen LogP contribution in [-0.2, 0) is 9.84 Å². The summed E-state index contributed by atoms with van der Waals surface area (Å²) in [7, 11) is -2.84. The number of hydrogen-bond acceptors (Lipinski definition) is 3. The number of unbranched alkanes of at least 4 members (excludes halogenated alkanes) is 1. The van der Waals surface area contributed by atoms with Crippen LogP contribution in [0.5, 0.6) is 0 Å². The Balaban J connectivity index is 2.58. The Morgan fingerprint density at radius 3 is 2.29 bits per heavy atom. The summed E-state index contributed by atoms with van der Waals surface area (Å²) in [6, 6.07) is 0.264. The average molecular weight is 261 g/mol. The van der Waals surface area contributed by atoms with Gasteiger partial charge in [0.2, 0.25) is 0 Å². The van der Waals surface area contributed by atoms with Gasteiger partial charge in [-0.15, -0.1) is 0 Å². The van der Waals surface area contributed by atoms with Crippen molar-refractivity contribution in [1.29, 1.82) is 0 Å². The maximum Gasteiger partial charge on any atom is 0.151 e. The summed E-state index contributed by atoms with van der Waals surface area (Å²) in [6.07, 6.45) is 7.09. The molecule has 0 aromatic rings. The minimum absolute atomic E-state index is 0.264. The summed E-state index contributed by atoms with van der Waals surface area (Å²) < 4.78 is 23.6. The summed E-state index contributed by atoms with van der Waals surface area (Å²) >= 11 is 0. The highest BCUT2D eigenvalue weighted by molar-refractivity contribution is 7.91. The number of likely N-dealkylation sites (tertiary alicyclic amines) is 1. The molecule has 1 atom stereocenters. The zero-order chi connectivity index (χ0) is 12.7. The lowest BCUT2D eigenvalue weighted by Crippen LogP contribution is -2.43. The number of hydrogen-bond donors (Lipinski definition) is 0. The molecule has 1 rings (SSSR count). The smallest absolute Gasteiger partial charge is 0.151 e. The fraction of sp³-hybridized carbons (Fsp3) is 1.00. The van der Waals surface area contributed by atoms with Crippen LogP contribution in [-0.4, -0.2) is 44.0 Å². The Kier molecular flexibility index (Phi) is 6.49. The van der Waals surface area contributed by atoms with Crippen molar-refractivity contribution in [3.8, 4) is 0 Å². The van der Waals surface area contributed by atoms with E-state index in [0.717, 1.165) is 32.4 Å². The molecule has 0 amide bonds. The van der Waals surface area contributed by atoms with E-state index in [1.165, 1.54) is 19.3 Å². The molecule has 0 aromatic carbocycles. The van der Waals surface area contributed by atoms with Crippen molar-refractivity contribution in [1.82, 2.24) is 4.90 Å². The van der Waals surface area contributed by atoms with E-state index in [1.807, 2.05) is 0 Å². The molecule has 3 nitrogen and oxygen atoms in total. The standard InChI is InChI=1S/C13H27NO2S/c1-3-5-9-13(12-17(15,16)4-2)14-10-7-6-8-11-14/h13H,3-12H2,1-2H3. The van der Waals surface area contributed by atoms with Crippen molar-refractivity contribution in [3.63, 3.8) is 0 Å². The molecule has 1 unspecified atom stereocenters. The molecule has 0 spiro atoms. The molecular weight excluding hydrogens is 234 g/mol. The summed E-state index contributed by atoms with van der Waals surface area (Å²) in [5, 5.41) is 0. The third-order valence-electron chi connectivity index (χ3n) is 3.68. The van der Waals surface area contributed by atoms with Crippen molar-refractivity contribution in [2.45, 2.75) is 58.4 Å². The molecule has 1 aliphatic heterocycles. The van der Waals surface area contributed by atoms with Crippen molar-refractivity contribution in [3.05, 3.63) is 0 Å². The third-order valence-corrected chi connectivity index (χ3v) is 5.46. The van der Waals surface area contributed by atoms with Crippen LogP contribution in [0.2, 0.25) is 0 Å².